The number of hydrogen-bond acceptors (Lipinski definition) is 1. The van der Waals surface area contributed by atoms with Crippen LogP contribution in [0.3, 0.4) is 0 Å². The van der Waals surface area contributed by atoms with Crippen LogP contribution in [0.5, 0.6) is 0 Å². The molecule has 3 nitrogen and oxygen atoms in total. The summed E-state index contributed by atoms with van der Waals surface area (Å²) >= 11 is 0. The molecule has 0 N–H and O–H groups in total. The molecule has 0 aromatic heterocycles. The molecule has 0 aromatic rings. The molecular formula is C8H7F3N2O. The van der Waals surface area contributed by atoms with Crippen LogP contribution in [-0.4, -0.2) is 23.0 Å². The van der Waals surface area contributed by atoms with Crippen LogP contribution in [-0.2, 0) is 4.79 Å². The monoisotopic (exact) mass is 204 g/mol. The van der Waals surface area contributed by atoms with Crippen molar-refractivity contribution >= 4 is 12.0 Å². The molecule has 14 heavy (non-hydrogen) atoms. The third-order valence-electron chi connectivity index (χ3n) is 3.33. The Morgan fingerprint density at radius 2 is 1.86 bits per heavy atom. The second-order valence-electron chi connectivity index (χ2n) is 4.20. The van der Waals surface area contributed by atoms with E-state index in [9.17, 15) is 18.0 Å². The van der Waals surface area contributed by atoms with Gasteiger partial charge in [0.25, 0.3) is 0 Å². The standard InChI is InChI=1S/C8H7F3N2O/c9-8(10,11)7-2-6(3-7,4-7)5(14)1-13-12/h1H,2-4H2. The van der Waals surface area contributed by atoms with Crippen molar-refractivity contribution in [3.05, 3.63) is 5.53 Å². The number of hydrogen-bond donors (Lipinski definition) is 0. The van der Waals surface area contributed by atoms with E-state index in [1.54, 1.807) is 0 Å². The second kappa shape index (κ2) is 2.25. The predicted molar refractivity (Wildman–Crippen MR) is 39.5 cm³/mol. The second-order valence-corrected chi connectivity index (χ2v) is 4.20. The summed E-state index contributed by atoms with van der Waals surface area (Å²) in [7, 11) is 0. The smallest absolute Gasteiger partial charge is 0.361 e. The number of ketones is 1. The van der Waals surface area contributed by atoms with E-state index in [0.29, 0.717) is 6.21 Å². The van der Waals surface area contributed by atoms with Gasteiger partial charge in [-0.25, -0.2) is 0 Å². The predicted octanol–water partition coefficient (Wildman–Crippen LogP) is 1.59. The Morgan fingerprint density at radius 3 is 2.21 bits per heavy atom. The van der Waals surface area contributed by atoms with E-state index in [1.807, 2.05) is 0 Å². The van der Waals surface area contributed by atoms with Gasteiger partial charge in [0.1, 0.15) is 0 Å². The van der Waals surface area contributed by atoms with E-state index in [2.05, 4.69) is 4.79 Å². The van der Waals surface area contributed by atoms with Gasteiger partial charge in [0, 0.05) is 5.41 Å². The Morgan fingerprint density at radius 1 is 1.36 bits per heavy atom. The summed E-state index contributed by atoms with van der Waals surface area (Å²) in [6, 6.07) is 0. The fraction of sp³-hybridized carbons (Fsp3) is 0.750. The molecule has 0 heterocycles. The van der Waals surface area contributed by atoms with Crippen LogP contribution in [0.15, 0.2) is 0 Å². The average molecular weight is 204 g/mol. The zero-order chi connectivity index (χ0) is 10.6. The number of nitrogens with zero attached hydrogens (tertiary/aromatic N) is 2. The van der Waals surface area contributed by atoms with Crippen LogP contribution < -0.4 is 0 Å². The summed E-state index contributed by atoms with van der Waals surface area (Å²) in [5, 5.41) is 0. The highest BCUT2D eigenvalue weighted by molar-refractivity contribution is 6.28. The zero-order valence-corrected chi connectivity index (χ0v) is 7.14. The van der Waals surface area contributed by atoms with Crippen molar-refractivity contribution in [1.82, 2.24) is 0 Å². The van der Waals surface area contributed by atoms with E-state index >= 15 is 0 Å². The van der Waals surface area contributed by atoms with Crippen molar-refractivity contribution in [1.29, 1.82) is 0 Å². The van der Waals surface area contributed by atoms with Crippen molar-refractivity contribution in [2.75, 3.05) is 0 Å². The minimum atomic E-state index is -4.20. The molecule has 3 aliphatic carbocycles. The van der Waals surface area contributed by atoms with Crippen LogP contribution in [0.1, 0.15) is 19.3 Å². The Bertz CT molecular complexity index is 334. The molecule has 6 heteroatoms. The van der Waals surface area contributed by atoms with E-state index in [-0.39, 0.29) is 19.3 Å². The number of rotatable bonds is 2. The quantitative estimate of drug-likeness (QED) is 0.382. The first kappa shape index (κ1) is 9.40. The van der Waals surface area contributed by atoms with Crippen molar-refractivity contribution < 1.29 is 22.8 Å². The molecule has 3 rings (SSSR count). The first-order chi connectivity index (χ1) is 6.35. The molecular weight excluding hydrogens is 197 g/mol. The summed E-state index contributed by atoms with van der Waals surface area (Å²) in [4.78, 5) is 13.7. The van der Waals surface area contributed by atoms with E-state index in [4.69, 9.17) is 5.53 Å². The number of carbonyl (C=O) groups excluding carboxylic acids is 1. The first-order valence-electron chi connectivity index (χ1n) is 4.14. The third kappa shape index (κ3) is 0.865. The van der Waals surface area contributed by atoms with E-state index in [1.165, 1.54) is 0 Å². The topological polar surface area (TPSA) is 53.5 Å². The summed E-state index contributed by atoms with van der Waals surface area (Å²) in [6.07, 6.45) is -3.94. The molecule has 3 saturated carbocycles. The van der Waals surface area contributed by atoms with Crippen LogP contribution in [0.4, 0.5) is 13.2 Å². The fourth-order valence-electron chi connectivity index (χ4n) is 2.54. The average Bonchev–Trinajstić information content (AvgIpc) is 1.76. The maximum atomic E-state index is 12.3. The maximum Gasteiger partial charge on any atom is 0.394 e. The van der Waals surface area contributed by atoms with Crippen LogP contribution in [0.2, 0.25) is 0 Å². The van der Waals surface area contributed by atoms with Crippen molar-refractivity contribution in [2.45, 2.75) is 25.4 Å². The van der Waals surface area contributed by atoms with Crippen molar-refractivity contribution in [2.24, 2.45) is 10.8 Å². The van der Waals surface area contributed by atoms with E-state index in [0.717, 1.165) is 0 Å². The van der Waals surface area contributed by atoms with Gasteiger partial charge >= 0.3 is 12.4 Å². The number of halogens is 3. The third-order valence-corrected chi connectivity index (χ3v) is 3.33. The van der Waals surface area contributed by atoms with Crippen molar-refractivity contribution in [3.63, 3.8) is 0 Å². The molecule has 0 spiro atoms. The lowest BCUT2D eigenvalue weighted by molar-refractivity contribution is -0.349. The normalized spacial score (nSPS) is 39.1. The number of carbonyl (C=O) groups is 1. The molecule has 2 bridgehead atoms. The van der Waals surface area contributed by atoms with Crippen LogP contribution in [0, 0.1) is 10.8 Å². The molecule has 0 aliphatic heterocycles. The highest BCUT2D eigenvalue weighted by Gasteiger charge is 2.81. The van der Waals surface area contributed by atoms with Gasteiger partial charge in [0.15, 0.2) is 0 Å². The van der Waals surface area contributed by atoms with Gasteiger partial charge in [-0.3, -0.25) is 4.79 Å². The Labute approximate surface area is 77.5 Å². The van der Waals surface area contributed by atoms with Crippen LogP contribution >= 0.6 is 0 Å². The maximum absolute atomic E-state index is 12.3. The van der Waals surface area contributed by atoms with Gasteiger partial charge in [-0.1, -0.05) is 0 Å². The lowest BCUT2D eigenvalue weighted by Crippen LogP contribution is -2.71. The SMILES string of the molecule is [N-]=[N+]=CC(=O)C12CC(C(F)(F)F)(C1)C2. The van der Waals surface area contributed by atoms with Gasteiger partial charge in [0.05, 0.1) is 5.41 Å². The van der Waals surface area contributed by atoms with Gasteiger partial charge in [-0.15, -0.1) is 0 Å². The minimum absolute atomic E-state index is 0.144. The summed E-state index contributed by atoms with van der Waals surface area (Å²) in [6.45, 7) is 0. The van der Waals surface area contributed by atoms with Crippen molar-refractivity contribution in [3.8, 4) is 0 Å². The van der Waals surface area contributed by atoms with Gasteiger partial charge in [-0.2, -0.15) is 18.0 Å². The molecule has 0 radical (unpaired) electrons. The number of Topliss-reactive ketones (excluding diaryl/α,β-unsaturated/α-hetero) is 1. The first-order valence-corrected chi connectivity index (χ1v) is 4.14. The lowest BCUT2D eigenvalue weighted by Gasteiger charge is -2.68. The zero-order valence-electron chi connectivity index (χ0n) is 7.14. The minimum Gasteiger partial charge on any atom is -0.361 e. The molecule has 3 aliphatic rings. The Hall–Kier alpha value is -1.16. The Balaban J connectivity index is 2.08. The Kier molecular flexibility index (Phi) is 1.51. The molecule has 0 unspecified atom stereocenters. The summed E-state index contributed by atoms with van der Waals surface area (Å²) < 4.78 is 37.0. The molecule has 0 aromatic carbocycles. The fourth-order valence-corrected chi connectivity index (χ4v) is 2.54. The van der Waals surface area contributed by atoms with Crippen LogP contribution in [0.25, 0.3) is 5.53 Å². The largest absolute Gasteiger partial charge is 0.394 e. The summed E-state index contributed by atoms with van der Waals surface area (Å²) in [5.74, 6) is -0.494. The van der Waals surface area contributed by atoms with Gasteiger partial charge < -0.3 is 5.53 Å². The van der Waals surface area contributed by atoms with Gasteiger partial charge in [-0.05, 0) is 19.3 Å². The highest BCUT2D eigenvalue weighted by atomic mass is 19.4. The molecule has 0 saturated heterocycles. The molecule has 76 valence electrons. The highest BCUT2D eigenvalue weighted by Crippen LogP contribution is 2.78. The number of alkyl halides is 3. The molecule has 0 amide bonds. The van der Waals surface area contributed by atoms with Gasteiger partial charge in [0.2, 0.25) is 5.78 Å². The molecule has 0 atom stereocenters. The van der Waals surface area contributed by atoms with E-state index < -0.39 is 22.8 Å². The summed E-state index contributed by atoms with van der Waals surface area (Å²) in [5.41, 5.74) is 5.60. The molecule has 3 fully saturated rings. The lowest BCUT2D eigenvalue weighted by atomic mass is 9.34.